The summed E-state index contributed by atoms with van der Waals surface area (Å²) < 4.78 is 13.4. The highest BCUT2D eigenvalue weighted by molar-refractivity contribution is 9.10. The summed E-state index contributed by atoms with van der Waals surface area (Å²) >= 11 is 8.67. The predicted octanol–water partition coefficient (Wildman–Crippen LogP) is 2.87. The molecule has 0 fully saturated rings. The van der Waals surface area contributed by atoms with E-state index in [1.807, 2.05) is 0 Å². The van der Waals surface area contributed by atoms with Crippen molar-refractivity contribution in [3.8, 4) is 0 Å². The first-order valence-electron chi connectivity index (χ1n) is 3.36. The molecule has 0 unspecified atom stereocenters. The number of aliphatic carboxylic acids is 1. The second-order valence-electron chi connectivity index (χ2n) is 2.39. The third-order valence-corrected chi connectivity index (χ3v) is 2.62. The molecule has 0 spiro atoms. The van der Waals surface area contributed by atoms with Crippen LogP contribution in [0.15, 0.2) is 16.6 Å². The van der Waals surface area contributed by atoms with Crippen LogP contribution in [0.3, 0.4) is 0 Å². The van der Waals surface area contributed by atoms with Gasteiger partial charge in [0.2, 0.25) is 0 Å². The quantitative estimate of drug-likeness (QED) is 0.837. The van der Waals surface area contributed by atoms with Gasteiger partial charge >= 0.3 is 5.97 Å². The lowest BCUT2D eigenvalue weighted by Crippen LogP contribution is -2.02. The number of halogens is 3. The van der Waals surface area contributed by atoms with E-state index in [1.165, 1.54) is 12.1 Å². The van der Waals surface area contributed by atoms with Crippen LogP contribution in [0, 0.1) is 5.82 Å². The zero-order valence-electron chi connectivity index (χ0n) is 6.35. The summed E-state index contributed by atoms with van der Waals surface area (Å²) in [6, 6.07) is 2.61. The van der Waals surface area contributed by atoms with E-state index in [1.54, 1.807) is 0 Å². The summed E-state index contributed by atoms with van der Waals surface area (Å²) in [6.45, 7) is 0. The first-order chi connectivity index (χ1) is 6.02. The largest absolute Gasteiger partial charge is 0.481 e. The maximum atomic E-state index is 12.9. The van der Waals surface area contributed by atoms with E-state index in [2.05, 4.69) is 15.9 Å². The second kappa shape index (κ2) is 4.07. The standard InChI is InChI=1S/C8H5BrClFO2/c9-5-1-2-6(11)8(10)4(5)3-7(12)13/h1-2H,3H2,(H,12,13). The lowest BCUT2D eigenvalue weighted by atomic mass is 10.1. The summed E-state index contributed by atoms with van der Waals surface area (Å²) in [5.74, 6) is -1.66. The molecule has 0 bridgehead atoms. The summed E-state index contributed by atoms with van der Waals surface area (Å²) in [4.78, 5) is 10.4. The molecule has 0 saturated heterocycles. The van der Waals surface area contributed by atoms with E-state index in [9.17, 15) is 9.18 Å². The monoisotopic (exact) mass is 266 g/mol. The highest BCUT2D eigenvalue weighted by atomic mass is 79.9. The Morgan fingerprint density at radius 2 is 2.23 bits per heavy atom. The fourth-order valence-electron chi connectivity index (χ4n) is 0.882. The van der Waals surface area contributed by atoms with E-state index >= 15 is 0 Å². The van der Waals surface area contributed by atoms with Gasteiger partial charge in [-0.3, -0.25) is 4.79 Å². The van der Waals surface area contributed by atoms with Gasteiger partial charge in [-0.2, -0.15) is 0 Å². The molecular weight excluding hydrogens is 262 g/mol. The van der Waals surface area contributed by atoms with Crippen molar-refractivity contribution in [1.29, 1.82) is 0 Å². The lowest BCUT2D eigenvalue weighted by molar-refractivity contribution is -0.136. The zero-order valence-corrected chi connectivity index (χ0v) is 8.69. The summed E-state index contributed by atoms with van der Waals surface area (Å²) in [6.07, 6.45) is -0.294. The van der Waals surface area contributed by atoms with Crippen LogP contribution >= 0.6 is 27.5 Å². The molecule has 0 atom stereocenters. The van der Waals surface area contributed by atoms with Crippen LogP contribution in [0.1, 0.15) is 5.56 Å². The third kappa shape index (κ3) is 2.42. The molecule has 0 heterocycles. The Labute approximate surface area is 87.5 Å². The van der Waals surface area contributed by atoms with Crippen molar-refractivity contribution in [2.45, 2.75) is 6.42 Å². The molecule has 70 valence electrons. The van der Waals surface area contributed by atoms with E-state index < -0.39 is 11.8 Å². The number of carboxylic acid groups (broad SMARTS) is 1. The molecular formula is C8H5BrClFO2. The molecule has 0 aromatic heterocycles. The molecule has 0 aliphatic carbocycles. The molecule has 1 rings (SSSR count). The minimum Gasteiger partial charge on any atom is -0.481 e. The minimum absolute atomic E-state index is 0.142. The number of carbonyl (C=O) groups is 1. The fraction of sp³-hybridized carbons (Fsp3) is 0.125. The maximum absolute atomic E-state index is 12.9. The van der Waals surface area contributed by atoms with E-state index in [-0.39, 0.29) is 17.0 Å². The smallest absolute Gasteiger partial charge is 0.307 e. The van der Waals surface area contributed by atoms with E-state index in [4.69, 9.17) is 16.7 Å². The minimum atomic E-state index is -1.05. The average Bonchev–Trinajstić information content (AvgIpc) is 2.05. The topological polar surface area (TPSA) is 37.3 Å². The molecule has 1 aromatic carbocycles. The van der Waals surface area contributed by atoms with Crippen molar-refractivity contribution in [3.05, 3.63) is 33.0 Å². The molecule has 0 aliphatic rings. The highest BCUT2D eigenvalue weighted by Crippen LogP contribution is 2.27. The van der Waals surface area contributed by atoms with Crippen LogP contribution in [0.25, 0.3) is 0 Å². The van der Waals surface area contributed by atoms with Crippen LogP contribution in [0.5, 0.6) is 0 Å². The molecule has 5 heteroatoms. The number of carboxylic acids is 1. The van der Waals surface area contributed by atoms with Crippen molar-refractivity contribution in [2.24, 2.45) is 0 Å². The van der Waals surface area contributed by atoms with Gasteiger partial charge in [-0.05, 0) is 17.7 Å². The van der Waals surface area contributed by atoms with Crippen molar-refractivity contribution < 1.29 is 14.3 Å². The van der Waals surface area contributed by atoms with Crippen LogP contribution in [-0.4, -0.2) is 11.1 Å². The zero-order chi connectivity index (χ0) is 10.0. The van der Waals surface area contributed by atoms with Crippen molar-refractivity contribution >= 4 is 33.5 Å². The lowest BCUT2D eigenvalue weighted by Gasteiger charge is -2.04. The molecule has 0 radical (unpaired) electrons. The Hall–Kier alpha value is -0.610. The van der Waals surface area contributed by atoms with Gasteiger partial charge in [0.15, 0.2) is 0 Å². The van der Waals surface area contributed by atoms with Gasteiger partial charge in [0.1, 0.15) is 5.82 Å². The summed E-state index contributed by atoms with van der Waals surface area (Å²) in [5, 5.41) is 8.36. The van der Waals surface area contributed by atoms with Gasteiger partial charge < -0.3 is 5.11 Å². The SMILES string of the molecule is O=C(O)Cc1c(Br)ccc(F)c1Cl. The molecule has 0 aliphatic heterocycles. The highest BCUT2D eigenvalue weighted by Gasteiger charge is 2.12. The average molecular weight is 267 g/mol. The molecule has 0 amide bonds. The Kier molecular flexibility index (Phi) is 3.27. The molecule has 13 heavy (non-hydrogen) atoms. The van der Waals surface area contributed by atoms with Gasteiger partial charge in [0.05, 0.1) is 11.4 Å². The number of hydrogen-bond donors (Lipinski definition) is 1. The van der Waals surface area contributed by atoms with Gasteiger partial charge in [0.25, 0.3) is 0 Å². The van der Waals surface area contributed by atoms with Crippen LogP contribution in [-0.2, 0) is 11.2 Å². The van der Waals surface area contributed by atoms with Crippen molar-refractivity contribution in [1.82, 2.24) is 0 Å². The third-order valence-electron chi connectivity index (χ3n) is 1.47. The van der Waals surface area contributed by atoms with Gasteiger partial charge in [0, 0.05) is 4.47 Å². The van der Waals surface area contributed by atoms with E-state index in [0.717, 1.165) is 0 Å². The fourth-order valence-corrected chi connectivity index (χ4v) is 1.70. The van der Waals surface area contributed by atoms with Gasteiger partial charge in [-0.25, -0.2) is 4.39 Å². The maximum Gasteiger partial charge on any atom is 0.307 e. The predicted molar refractivity (Wildman–Crippen MR) is 50.4 cm³/mol. The Balaban J connectivity index is 3.17. The number of rotatable bonds is 2. The van der Waals surface area contributed by atoms with Crippen molar-refractivity contribution in [3.63, 3.8) is 0 Å². The molecule has 1 aromatic rings. The van der Waals surface area contributed by atoms with Crippen LogP contribution in [0.2, 0.25) is 5.02 Å². The first kappa shape index (κ1) is 10.5. The van der Waals surface area contributed by atoms with Gasteiger partial charge in [-0.1, -0.05) is 27.5 Å². The van der Waals surface area contributed by atoms with Crippen LogP contribution < -0.4 is 0 Å². The van der Waals surface area contributed by atoms with Gasteiger partial charge in [-0.15, -0.1) is 0 Å². The van der Waals surface area contributed by atoms with E-state index in [0.29, 0.717) is 4.47 Å². The Bertz CT molecular complexity index is 354. The molecule has 2 nitrogen and oxygen atoms in total. The summed E-state index contributed by atoms with van der Waals surface area (Å²) in [7, 11) is 0. The second-order valence-corrected chi connectivity index (χ2v) is 3.62. The molecule has 0 saturated carbocycles. The Morgan fingerprint density at radius 1 is 1.62 bits per heavy atom. The van der Waals surface area contributed by atoms with Crippen LogP contribution in [0.4, 0.5) is 4.39 Å². The number of hydrogen-bond acceptors (Lipinski definition) is 1. The molecule has 1 N–H and O–H groups in total. The first-order valence-corrected chi connectivity index (χ1v) is 4.53. The summed E-state index contributed by atoms with van der Waals surface area (Å²) in [5.41, 5.74) is 0.258. The Morgan fingerprint density at radius 3 is 2.77 bits per heavy atom. The number of benzene rings is 1. The normalized spacial score (nSPS) is 10.1. The van der Waals surface area contributed by atoms with Crippen molar-refractivity contribution in [2.75, 3.05) is 0 Å².